The van der Waals surface area contributed by atoms with Crippen molar-refractivity contribution in [2.24, 2.45) is 5.92 Å². The first-order valence-corrected chi connectivity index (χ1v) is 5.77. The molecule has 0 aliphatic carbocycles. The Morgan fingerprint density at radius 2 is 2.00 bits per heavy atom. The molecule has 86 valence electrons. The molecule has 0 amide bonds. The molecule has 1 unspecified atom stereocenters. The largest absolute Gasteiger partial charge is 0.379 e. The van der Waals surface area contributed by atoms with Crippen molar-refractivity contribution >= 4 is 0 Å². The summed E-state index contributed by atoms with van der Waals surface area (Å²) in [6.07, 6.45) is 3.70. The third kappa shape index (κ3) is 7.34. The molecule has 1 atom stereocenters. The maximum absolute atomic E-state index is 5.38. The zero-order valence-corrected chi connectivity index (χ0v) is 10.5. The maximum Gasteiger partial charge on any atom is 0.0622 e. The summed E-state index contributed by atoms with van der Waals surface area (Å²) in [5.74, 6) is 0.780. The van der Waals surface area contributed by atoms with E-state index in [-0.39, 0.29) is 5.60 Å². The predicted molar refractivity (Wildman–Crippen MR) is 62.6 cm³/mol. The topological polar surface area (TPSA) is 21.3 Å². The molecule has 0 aliphatic heterocycles. The van der Waals surface area contributed by atoms with Gasteiger partial charge >= 0.3 is 0 Å². The van der Waals surface area contributed by atoms with Crippen LogP contribution in [0.2, 0.25) is 0 Å². The summed E-state index contributed by atoms with van der Waals surface area (Å²) in [4.78, 5) is 0. The Balaban J connectivity index is 3.43. The number of nitrogens with one attached hydrogen (secondary N) is 1. The van der Waals surface area contributed by atoms with Gasteiger partial charge in [-0.15, -0.1) is 0 Å². The van der Waals surface area contributed by atoms with E-state index in [1.54, 1.807) is 7.11 Å². The molecule has 0 fully saturated rings. The monoisotopic (exact) mass is 201 g/mol. The minimum absolute atomic E-state index is 0.0535. The fraction of sp³-hybridized carbons (Fsp3) is 1.00. The van der Waals surface area contributed by atoms with E-state index in [1.807, 2.05) is 0 Å². The van der Waals surface area contributed by atoms with E-state index in [9.17, 15) is 0 Å². The summed E-state index contributed by atoms with van der Waals surface area (Å²) >= 11 is 0. The SMILES string of the molecule is CCNCC(C)CCCC(C)(C)OC. The minimum atomic E-state index is 0.0535. The van der Waals surface area contributed by atoms with Gasteiger partial charge < -0.3 is 10.1 Å². The predicted octanol–water partition coefficient (Wildman–Crippen LogP) is 2.83. The van der Waals surface area contributed by atoms with Gasteiger partial charge in [-0.3, -0.25) is 0 Å². The number of methoxy groups -OCH3 is 1. The summed E-state index contributed by atoms with van der Waals surface area (Å²) in [6, 6.07) is 0. The lowest BCUT2D eigenvalue weighted by molar-refractivity contribution is 0.0128. The van der Waals surface area contributed by atoms with Crippen LogP contribution in [0.5, 0.6) is 0 Å². The van der Waals surface area contributed by atoms with E-state index in [2.05, 4.69) is 33.0 Å². The molecule has 0 spiro atoms. The molecule has 0 radical (unpaired) electrons. The van der Waals surface area contributed by atoms with Gasteiger partial charge in [0.1, 0.15) is 0 Å². The van der Waals surface area contributed by atoms with Crippen molar-refractivity contribution < 1.29 is 4.74 Å². The zero-order chi connectivity index (χ0) is 11.0. The standard InChI is InChI=1S/C12H27NO/c1-6-13-10-11(2)8-7-9-12(3,4)14-5/h11,13H,6-10H2,1-5H3. The van der Waals surface area contributed by atoms with Crippen LogP contribution in [0.1, 0.15) is 47.0 Å². The quantitative estimate of drug-likeness (QED) is 0.652. The van der Waals surface area contributed by atoms with Crippen molar-refractivity contribution in [3.8, 4) is 0 Å². The van der Waals surface area contributed by atoms with Crippen LogP contribution in [0.15, 0.2) is 0 Å². The van der Waals surface area contributed by atoms with Gasteiger partial charge in [-0.1, -0.05) is 20.3 Å². The van der Waals surface area contributed by atoms with Crippen LogP contribution in [0, 0.1) is 5.92 Å². The molecule has 0 heterocycles. The summed E-state index contributed by atoms with van der Waals surface area (Å²) in [6.45, 7) is 11.0. The second kappa shape index (κ2) is 7.24. The van der Waals surface area contributed by atoms with Gasteiger partial charge in [0.05, 0.1) is 5.60 Å². The molecular weight excluding hydrogens is 174 g/mol. The average molecular weight is 201 g/mol. The summed E-state index contributed by atoms with van der Waals surface area (Å²) < 4.78 is 5.38. The number of ether oxygens (including phenoxy) is 1. The van der Waals surface area contributed by atoms with Crippen molar-refractivity contribution in [1.82, 2.24) is 5.32 Å². The van der Waals surface area contributed by atoms with Gasteiger partial charge in [0.2, 0.25) is 0 Å². The van der Waals surface area contributed by atoms with Gasteiger partial charge in [-0.25, -0.2) is 0 Å². The number of rotatable bonds is 8. The Morgan fingerprint density at radius 3 is 2.50 bits per heavy atom. The summed E-state index contributed by atoms with van der Waals surface area (Å²) in [5, 5.41) is 3.38. The first kappa shape index (κ1) is 13.9. The van der Waals surface area contributed by atoms with Crippen molar-refractivity contribution in [2.45, 2.75) is 52.6 Å². The maximum atomic E-state index is 5.38. The van der Waals surface area contributed by atoms with Crippen molar-refractivity contribution in [1.29, 1.82) is 0 Å². The fourth-order valence-electron chi connectivity index (χ4n) is 1.47. The molecule has 0 saturated carbocycles. The molecule has 0 saturated heterocycles. The van der Waals surface area contributed by atoms with Gasteiger partial charge in [-0.05, 0) is 45.7 Å². The molecule has 2 heteroatoms. The molecule has 14 heavy (non-hydrogen) atoms. The third-order valence-corrected chi connectivity index (χ3v) is 2.77. The van der Waals surface area contributed by atoms with E-state index < -0.39 is 0 Å². The molecule has 1 N–H and O–H groups in total. The highest BCUT2D eigenvalue weighted by atomic mass is 16.5. The number of hydrogen-bond donors (Lipinski definition) is 1. The second-order valence-electron chi connectivity index (χ2n) is 4.77. The van der Waals surface area contributed by atoms with Crippen LogP contribution in [-0.2, 0) is 4.74 Å². The Hall–Kier alpha value is -0.0800. The summed E-state index contributed by atoms with van der Waals surface area (Å²) in [7, 11) is 1.79. The zero-order valence-electron chi connectivity index (χ0n) is 10.5. The molecule has 0 aromatic carbocycles. The van der Waals surface area contributed by atoms with Crippen molar-refractivity contribution in [2.75, 3.05) is 20.2 Å². The van der Waals surface area contributed by atoms with Gasteiger partial charge in [-0.2, -0.15) is 0 Å². The van der Waals surface area contributed by atoms with E-state index in [0.29, 0.717) is 0 Å². The Morgan fingerprint density at radius 1 is 1.36 bits per heavy atom. The average Bonchev–Trinajstić information content (AvgIpc) is 2.14. The molecule has 0 aromatic heterocycles. The Kier molecular flexibility index (Phi) is 7.20. The summed E-state index contributed by atoms with van der Waals surface area (Å²) in [5.41, 5.74) is 0.0535. The van der Waals surface area contributed by atoms with Crippen LogP contribution in [0.4, 0.5) is 0 Å². The third-order valence-electron chi connectivity index (χ3n) is 2.77. The van der Waals surface area contributed by atoms with Crippen molar-refractivity contribution in [3.05, 3.63) is 0 Å². The molecule has 0 aromatic rings. The molecule has 2 nitrogen and oxygen atoms in total. The molecular formula is C12H27NO. The molecule has 0 aliphatic rings. The highest BCUT2D eigenvalue weighted by Crippen LogP contribution is 2.18. The van der Waals surface area contributed by atoms with E-state index in [0.717, 1.165) is 25.4 Å². The van der Waals surface area contributed by atoms with Gasteiger partial charge in [0.25, 0.3) is 0 Å². The van der Waals surface area contributed by atoms with Gasteiger partial charge in [0, 0.05) is 7.11 Å². The van der Waals surface area contributed by atoms with Crippen molar-refractivity contribution in [3.63, 3.8) is 0 Å². The van der Waals surface area contributed by atoms with E-state index in [1.165, 1.54) is 12.8 Å². The lowest BCUT2D eigenvalue weighted by Crippen LogP contribution is -2.24. The van der Waals surface area contributed by atoms with Crippen LogP contribution in [0.25, 0.3) is 0 Å². The van der Waals surface area contributed by atoms with Crippen LogP contribution in [-0.4, -0.2) is 25.8 Å². The minimum Gasteiger partial charge on any atom is -0.379 e. The van der Waals surface area contributed by atoms with Crippen LogP contribution >= 0.6 is 0 Å². The Bertz CT molecular complexity index is 134. The smallest absolute Gasteiger partial charge is 0.0622 e. The molecule has 0 bridgehead atoms. The van der Waals surface area contributed by atoms with E-state index in [4.69, 9.17) is 4.74 Å². The fourth-order valence-corrected chi connectivity index (χ4v) is 1.47. The normalized spacial score (nSPS) is 14.4. The number of hydrogen-bond acceptors (Lipinski definition) is 2. The lowest BCUT2D eigenvalue weighted by atomic mass is 9.96. The first-order valence-electron chi connectivity index (χ1n) is 5.77. The van der Waals surface area contributed by atoms with E-state index >= 15 is 0 Å². The van der Waals surface area contributed by atoms with Crippen LogP contribution in [0.3, 0.4) is 0 Å². The molecule has 0 rings (SSSR count). The first-order chi connectivity index (χ1) is 6.52. The highest BCUT2D eigenvalue weighted by Gasteiger charge is 2.15. The Labute approximate surface area is 89.4 Å². The van der Waals surface area contributed by atoms with Crippen LogP contribution < -0.4 is 5.32 Å². The van der Waals surface area contributed by atoms with Gasteiger partial charge in [0.15, 0.2) is 0 Å². The highest BCUT2D eigenvalue weighted by molar-refractivity contribution is 4.68. The lowest BCUT2D eigenvalue weighted by Gasteiger charge is -2.23. The second-order valence-corrected chi connectivity index (χ2v) is 4.77.